The number of carbonyl (C=O) groups excluding carboxylic acids is 1. The standard InChI is InChI=1S/C17H19ClFN3O3S/c1-21(2)16-9-4-12(18)10-15(16)20-17(23)11-22(3)26(24,25)14-7-5-13(19)6-8-14/h4-10H,11H2,1-3H3,(H,20,23). The molecule has 140 valence electrons. The van der Waals surface area contributed by atoms with Gasteiger partial charge in [-0.05, 0) is 42.5 Å². The van der Waals surface area contributed by atoms with Gasteiger partial charge in [-0.3, -0.25) is 4.79 Å². The number of halogens is 2. The predicted octanol–water partition coefficient (Wildman–Crippen LogP) is 2.80. The molecule has 9 heteroatoms. The first kappa shape index (κ1) is 20.2. The van der Waals surface area contributed by atoms with Gasteiger partial charge >= 0.3 is 0 Å². The molecule has 0 aliphatic rings. The third-order valence-electron chi connectivity index (χ3n) is 3.60. The van der Waals surface area contributed by atoms with Crippen molar-refractivity contribution in [3.63, 3.8) is 0 Å². The molecular weight excluding hydrogens is 381 g/mol. The van der Waals surface area contributed by atoms with Crippen molar-refractivity contribution in [2.75, 3.05) is 37.9 Å². The van der Waals surface area contributed by atoms with Crippen LogP contribution in [0.2, 0.25) is 5.02 Å². The summed E-state index contributed by atoms with van der Waals surface area (Å²) in [6, 6.07) is 9.43. The van der Waals surface area contributed by atoms with Crippen LogP contribution in [0.25, 0.3) is 0 Å². The van der Waals surface area contributed by atoms with Gasteiger partial charge in [0.2, 0.25) is 15.9 Å². The van der Waals surface area contributed by atoms with Crippen molar-refractivity contribution in [1.29, 1.82) is 0 Å². The molecule has 1 amide bonds. The van der Waals surface area contributed by atoms with Crippen LogP contribution in [0.3, 0.4) is 0 Å². The average Bonchev–Trinajstić information content (AvgIpc) is 2.54. The number of sulfonamides is 1. The summed E-state index contributed by atoms with van der Waals surface area (Å²) in [5.74, 6) is -1.06. The summed E-state index contributed by atoms with van der Waals surface area (Å²) in [4.78, 5) is 14.0. The zero-order valence-corrected chi connectivity index (χ0v) is 16.1. The Balaban J connectivity index is 2.15. The van der Waals surface area contributed by atoms with E-state index in [4.69, 9.17) is 11.6 Å². The fraction of sp³-hybridized carbons (Fsp3) is 0.235. The minimum Gasteiger partial charge on any atom is -0.376 e. The van der Waals surface area contributed by atoms with Gasteiger partial charge in [-0.2, -0.15) is 4.31 Å². The minimum absolute atomic E-state index is 0.0917. The molecule has 0 saturated carbocycles. The molecule has 26 heavy (non-hydrogen) atoms. The van der Waals surface area contributed by atoms with Crippen molar-refractivity contribution in [2.45, 2.75) is 4.90 Å². The van der Waals surface area contributed by atoms with Crippen molar-refractivity contribution < 1.29 is 17.6 Å². The molecule has 0 spiro atoms. The summed E-state index contributed by atoms with van der Waals surface area (Å²) in [5, 5.41) is 3.11. The first-order valence-electron chi connectivity index (χ1n) is 7.60. The zero-order chi connectivity index (χ0) is 19.5. The van der Waals surface area contributed by atoms with Crippen LogP contribution in [0.1, 0.15) is 0 Å². The van der Waals surface area contributed by atoms with E-state index < -0.39 is 28.3 Å². The molecule has 2 rings (SSSR count). The van der Waals surface area contributed by atoms with Gasteiger partial charge in [0.05, 0.1) is 22.8 Å². The second-order valence-corrected chi connectivity index (χ2v) is 8.30. The number of nitrogens with one attached hydrogen (secondary N) is 1. The van der Waals surface area contributed by atoms with E-state index in [1.54, 1.807) is 23.1 Å². The summed E-state index contributed by atoms with van der Waals surface area (Å²) in [6.45, 7) is -0.404. The normalized spacial score (nSPS) is 11.5. The van der Waals surface area contributed by atoms with Gasteiger partial charge in [0, 0.05) is 26.2 Å². The molecule has 0 aromatic heterocycles. The van der Waals surface area contributed by atoms with Gasteiger partial charge in [0.25, 0.3) is 0 Å². The highest BCUT2D eigenvalue weighted by Gasteiger charge is 2.23. The quantitative estimate of drug-likeness (QED) is 0.810. The van der Waals surface area contributed by atoms with E-state index >= 15 is 0 Å². The number of benzene rings is 2. The van der Waals surface area contributed by atoms with Crippen molar-refractivity contribution in [1.82, 2.24) is 4.31 Å². The van der Waals surface area contributed by atoms with Crippen LogP contribution in [0.15, 0.2) is 47.4 Å². The van der Waals surface area contributed by atoms with Gasteiger partial charge in [0.15, 0.2) is 0 Å². The highest BCUT2D eigenvalue weighted by Crippen LogP contribution is 2.27. The molecule has 0 radical (unpaired) electrons. The van der Waals surface area contributed by atoms with E-state index in [0.717, 1.165) is 34.3 Å². The zero-order valence-electron chi connectivity index (χ0n) is 14.5. The van der Waals surface area contributed by atoms with E-state index in [-0.39, 0.29) is 4.90 Å². The molecular formula is C17H19ClFN3O3S. The third kappa shape index (κ3) is 4.72. The minimum atomic E-state index is -3.91. The number of nitrogens with zero attached hydrogens (tertiary/aromatic N) is 2. The average molecular weight is 400 g/mol. The number of rotatable bonds is 6. The molecule has 0 aliphatic heterocycles. The molecule has 2 aromatic rings. The second-order valence-electron chi connectivity index (χ2n) is 5.82. The van der Waals surface area contributed by atoms with Crippen LogP contribution in [-0.4, -0.2) is 46.3 Å². The Kier molecular flexibility index (Phi) is 6.22. The fourth-order valence-corrected chi connectivity index (χ4v) is 3.56. The Labute approximate surface area is 157 Å². The van der Waals surface area contributed by atoms with E-state index in [2.05, 4.69) is 5.32 Å². The number of anilines is 2. The van der Waals surface area contributed by atoms with Gasteiger partial charge in [-0.1, -0.05) is 11.6 Å². The van der Waals surface area contributed by atoms with Crippen LogP contribution in [0.5, 0.6) is 0 Å². The summed E-state index contributed by atoms with van der Waals surface area (Å²) >= 11 is 5.97. The van der Waals surface area contributed by atoms with Gasteiger partial charge in [0.1, 0.15) is 5.82 Å². The number of hydrogen-bond donors (Lipinski definition) is 1. The van der Waals surface area contributed by atoms with Gasteiger partial charge in [-0.25, -0.2) is 12.8 Å². The highest BCUT2D eigenvalue weighted by atomic mass is 35.5. The van der Waals surface area contributed by atoms with E-state index in [1.165, 1.54) is 7.05 Å². The van der Waals surface area contributed by atoms with Gasteiger partial charge < -0.3 is 10.2 Å². The largest absolute Gasteiger partial charge is 0.376 e. The molecule has 0 bridgehead atoms. The van der Waals surface area contributed by atoms with Crippen LogP contribution < -0.4 is 10.2 Å². The van der Waals surface area contributed by atoms with Crippen molar-refractivity contribution in [2.24, 2.45) is 0 Å². The maximum absolute atomic E-state index is 13.0. The van der Waals surface area contributed by atoms with Crippen molar-refractivity contribution in [3.8, 4) is 0 Å². The topological polar surface area (TPSA) is 69.7 Å². The molecule has 0 heterocycles. The third-order valence-corrected chi connectivity index (χ3v) is 5.66. The molecule has 0 unspecified atom stereocenters. The number of likely N-dealkylation sites (N-methyl/N-ethyl adjacent to an activating group) is 1. The number of hydrogen-bond acceptors (Lipinski definition) is 4. The van der Waals surface area contributed by atoms with Crippen LogP contribution in [0.4, 0.5) is 15.8 Å². The van der Waals surface area contributed by atoms with Crippen LogP contribution >= 0.6 is 11.6 Å². The lowest BCUT2D eigenvalue weighted by atomic mass is 10.2. The van der Waals surface area contributed by atoms with E-state index in [1.807, 2.05) is 14.1 Å². The molecule has 0 fully saturated rings. The predicted molar refractivity (Wildman–Crippen MR) is 101 cm³/mol. The van der Waals surface area contributed by atoms with Gasteiger partial charge in [-0.15, -0.1) is 0 Å². The Hall–Kier alpha value is -2.16. The summed E-state index contributed by atoms with van der Waals surface area (Å²) in [5.41, 5.74) is 1.20. The summed E-state index contributed by atoms with van der Waals surface area (Å²) in [6.07, 6.45) is 0. The monoisotopic (exact) mass is 399 g/mol. The van der Waals surface area contributed by atoms with Crippen molar-refractivity contribution in [3.05, 3.63) is 53.3 Å². The Morgan fingerprint density at radius 1 is 1.12 bits per heavy atom. The molecule has 1 N–H and O–H groups in total. The Morgan fingerprint density at radius 3 is 2.31 bits per heavy atom. The molecule has 0 aliphatic carbocycles. The number of amides is 1. The second kappa shape index (κ2) is 8.03. The Morgan fingerprint density at radius 2 is 1.73 bits per heavy atom. The molecule has 0 atom stereocenters. The Bertz CT molecular complexity index is 902. The molecule has 2 aromatic carbocycles. The smallest absolute Gasteiger partial charge is 0.243 e. The number of carbonyl (C=O) groups is 1. The maximum atomic E-state index is 13.0. The summed E-state index contributed by atoms with van der Waals surface area (Å²) in [7, 11) is 0.992. The van der Waals surface area contributed by atoms with Crippen LogP contribution in [-0.2, 0) is 14.8 Å². The first-order chi connectivity index (χ1) is 12.1. The fourth-order valence-electron chi connectivity index (χ4n) is 2.26. The first-order valence-corrected chi connectivity index (χ1v) is 9.41. The van der Waals surface area contributed by atoms with Crippen LogP contribution in [0, 0.1) is 5.82 Å². The molecule has 6 nitrogen and oxygen atoms in total. The lowest BCUT2D eigenvalue weighted by molar-refractivity contribution is -0.116. The van der Waals surface area contributed by atoms with E-state index in [0.29, 0.717) is 10.7 Å². The van der Waals surface area contributed by atoms with E-state index in [9.17, 15) is 17.6 Å². The maximum Gasteiger partial charge on any atom is 0.243 e. The highest BCUT2D eigenvalue weighted by molar-refractivity contribution is 7.89. The lowest BCUT2D eigenvalue weighted by Crippen LogP contribution is -2.35. The van der Waals surface area contributed by atoms with Crippen molar-refractivity contribution >= 4 is 38.9 Å². The SMILES string of the molecule is CN(C)c1ccc(Cl)cc1NC(=O)CN(C)S(=O)(=O)c1ccc(F)cc1. The lowest BCUT2D eigenvalue weighted by Gasteiger charge is -2.20. The molecule has 0 saturated heterocycles. The summed E-state index contributed by atoms with van der Waals surface area (Å²) < 4.78 is 38.8.